The van der Waals surface area contributed by atoms with Gasteiger partial charge in [-0.2, -0.15) is 0 Å². The molecule has 14 nitrogen and oxygen atoms in total. The van der Waals surface area contributed by atoms with Gasteiger partial charge in [0.1, 0.15) is 11.4 Å². The molecule has 232 valence electrons. The monoisotopic (exact) mass is 596 g/mol. The molecule has 0 unspecified atom stereocenters. The van der Waals surface area contributed by atoms with Crippen molar-refractivity contribution in [3.63, 3.8) is 0 Å². The summed E-state index contributed by atoms with van der Waals surface area (Å²) in [6.07, 6.45) is 2.92. The molecule has 0 bridgehead atoms. The lowest BCUT2D eigenvalue weighted by Crippen LogP contribution is -2.49. The molecule has 2 N–H and O–H groups in total. The molecule has 2 aromatic rings. The Labute approximate surface area is 248 Å². The Bertz CT molecular complexity index is 1320. The molecule has 0 radical (unpaired) electrons. The Kier molecular flexibility index (Phi) is 8.97. The Hall–Kier alpha value is -4.62. The second-order valence-corrected chi connectivity index (χ2v) is 12.1. The van der Waals surface area contributed by atoms with Crippen molar-refractivity contribution in [2.45, 2.75) is 63.7 Å². The number of nitrogens with zero attached hydrogens (tertiary/aromatic N) is 4. The van der Waals surface area contributed by atoms with E-state index in [-0.39, 0.29) is 38.8 Å². The van der Waals surface area contributed by atoms with Gasteiger partial charge in [0.25, 0.3) is 11.8 Å². The second-order valence-electron chi connectivity index (χ2n) is 12.1. The van der Waals surface area contributed by atoms with Gasteiger partial charge in [0.15, 0.2) is 0 Å². The lowest BCUT2D eigenvalue weighted by Gasteiger charge is -2.32. The van der Waals surface area contributed by atoms with E-state index in [1.54, 1.807) is 73.7 Å². The van der Waals surface area contributed by atoms with Crippen molar-refractivity contribution in [3.05, 3.63) is 48.0 Å². The molecule has 2 saturated heterocycles. The maximum absolute atomic E-state index is 13.3. The molecular formula is C29H36N6O8-2. The number of carbonyl (C=O) groups excluding carboxylic acids is 6. The van der Waals surface area contributed by atoms with Crippen molar-refractivity contribution in [1.82, 2.24) is 29.6 Å². The van der Waals surface area contributed by atoms with Crippen LogP contribution in [0.4, 0.5) is 0 Å². The first kappa shape index (κ1) is 31.3. The Balaban J connectivity index is 1.37. The van der Waals surface area contributed by atoms with Crippen LogP contribution in [-0.2, 0) is 33.3 Å². The number of likely N-dealkylation sites (tertiary alicyclic amines) is 2. The van der Waals surface area contributed by atoms with Crippen LogP contribution in [-0.4, -0.2) is 91.8 Å². The number of aliphatic carboxylic acids is 2. The number of aromatic nitrogens is 2. The van der Waals surface area contributed by atoms with Gasteiger partial charge in [0.05, 0.1) is 24.0 Å². The van der Waals surface area contributed by atoms with E-state index in [0.717, 1.165) is 9.80 Å². The topological polar surface area (TPSA) is 189 Å². The molecule has 0 aromatic carbocycles. The second kappa shape index (κ2) is 12.3. The molecule has 4 heterocycles. The summed E-state index contributed by atoms with van der Waals surface area (Å²) in [5, 5.41) is 29.3. The van der Waals surface area contributed by atoms with Crippen molar-refractivity contribution >= 4 is 35.6 Å². The van der Waals surface area contributed by atoms with Crippen LogP contribution in [0, 0.1) is 5.41 Å². The highest BCUT2D eigenvalue weighted by Gasteiger charge is 2.41. The van der Waals surface area contributed by atoms with Crippen LogP contribution >= 0.6 is 0 Å². The van der Waals surface area contributed by atoms with Gasteiger partial charge in [0, 0.05) is 64.5 Å². The van der Waals surface area contributed by atoms with Gasteiger partial charge in [0.2, 0.25) is 11.8 Å². The van der Waals surface area contributed by atoms with E-state index in [0.29, 0.717) is 11.4 Å². The van der Waals surface area contributed by atoms with Gasteiger partial charge in [-0.1, -0.05) is 13.8 Å². The van der Waals surface area contributed by atoms with Gasteiger partial charge < -0.3 is 49.4 Å². The highest BCUT2D eigenvalue weighted by atomic mass is 16.4. The number of carboxylic acids is 2. The number of hydrogen-bond acceptors (Lipinski definition) is 8. The molecule has 43 heavy (non-hydrogen) atoms. The summed E-state index contributed by atoms with van der Waals surface area (Å²) in [4.78, 5) is 77.9. The minimum atomic E-state index is -1.45. The van der Waals surface area contributed by atoms with Crippen LogP contribution in [0.15, 0.2) is 36.7 Å². The molecule has 2 aromatic heterocycles. The Morgan fingerprint density at radius 2 is 1.12 bits per heavy atom. The molecule has 14 heteroatoms. The molecule has 2 fully saturated rings. The number of amides is 4. The van der Waals surface area contributed by atoms with E-state index in [2.05, 4.69) is 10.6 Å². The molecule has 0 saturated carbocycles. The minimum Gasteiger partial charge on any atom is -0.548 e. The van der Waals surface area contributed by atoms with Gasteiger partial charge in [-0.25, -0.2) is 0 Å². The average molecular weight is 597 g/mol. The smallest absolute Gasteiger partial charge is 0.268 e. The molecule has 0 spiro atoms. The molecule has 0 aliphatic carbocycles. The van der Waals surface area contributed by atoms with Gasteiger partial charge in [-0.3, -0.25) is 19.2 Å². The third-order valence-corrected chi connectivity index (χ3v) is 8.07. The number of carbonyl (C=O) groups is 6. The van der Waals surface area contributed by atoms with Crippen molar-refractivity contribution in [1.29, 1.82) is 0 Å². The minimum absolute atomic E-state index is 0.0273. The normalized spacial score (nSPS) is 22.0. The van der Waals surface area contributed by atoms with Crippen molar-refractivity contribution in [2.75, 3.05) is 13.1 Å². The van der Waals surface area contributed by atoms with Crippen LogP contribution in [0.5, 0.6) is 0 Å². The number of aryl methyl sites for hydroxylation is 2. The lowest BCUT2D eigenvalue weighted by atomic mass is 9.84. The third-order valence-electron chi connectivity index (χ3n) is 8.07. The van der Waals surface area contributed by atoms with Gasteiger partial charge in [-0.15, -0.1) is 0 Å². The summed E-state index contributed by atoms with van der Waals surface area (Å²) in [6, 6.07) is 2.89. The first-order valence-electron chi connectivity index (χ1n) is 14.0. The zero-order valence-electron chi connectivity index (χ0n) is 24.6. The molecule has 4 atom stereocenters. The lowest BCUT2D eigenvalue weighted by molar-refractivity contribution is -0.311. The van der Waals surface area contributed by atoms with E-state index in [1.165, 1.54) is 0 Å². The maximum Gasteiger partial charge on any atom is 0.268 e. The van der Waals surface area contributed by atoms with Crippen LogP contribution in [0.1, 0.15) is 60.5 Å². The van der Waals surface area contributed by atoms with Gasteiger partial charge in [-0.05, 0) is 42.5 Å². The predicted molar refractivity (Wildman–Crippen MR) is 147 cm³/mol. The van der Waals surface area contributed by atoms with Crippen molar-refractivity contribution < 1.29 is 39.0 Å². The van der Waals surface area contributed by atoms with Crippen molar-refractivity contribution in [3.8, 4) is 0 Å². The first-order chi connectivity index (χ1) is 20.2. The Morgan fingerprint density at radius 1 is 0.744 bits per heavy atom. The molecule has 2 aliphatic rings. The largest absolute Gasteiger partial charge is 0.548 e. The fraction of sp³-hybridized carbons (Fsp3) is 0.517. The van der Waals surface area contributed by atoms with Crippen LogP contribution < -0.4 is 20.8 Å². The zero-order chi connectivity index (χ0) is 31.6. The number of rotatable bonds is 10. The fourth-order valence-electron chi connectivity index (χ4n) is 5.88. The summed E-state index contributed by atoms with van der Waals surface area (Å²) < 4.78 is 3.24. The third kappa shape index (κ3) is 7.07. The summed E-state index contributed by atoms with van der Waals surface area (Å²) in [6.45, 7) is 3.22. The Morgan fingerprint density at radius 3 is 1.42 bits per heavy atom. The summed E-state index contributed by atoms with van der Waals surface area (Å²) in [5.41, 5.74) is -0.212. The summed E-state index contributed by atoms with van der Waals surface area (Å²) in [7, 11) is 3.40. The SMILES string of the molecule is Cn1cccc1C(=O)N[C@H]1C[C@@H](C(=O)[O-])N(C(=O)CC(C)(C)CC(=O)N2C[C@@H](NC(=O)c3cccn3C)C[C@H]2C(=O)[O-])C1. The van der Waals surface area contributed by atoms with Crippen LogP contribution in [0.3, 0.4) is 0 Å². The van der Waals surface area contributed by atoms with E-state index in [4.69, 9.17) is 0 Å². The summed E-state index contributed by atoms with van der Waals surface area (Å²) >= 11 is 0. The molecular weight excluding hydrogens is 560 g/mol. The number of hydrogen-bond donors (Lipinski definition) is 2. The standard InChI is InChI=1S/C29H38N6O8/c1-29(2,13-23(36)34-15-17(11-21(34)27(40)41)30-25(38)19-7-5-9-32(19)3)14-24(37)35-16-18(12-22(35)28(42)43)31-26(39)20-8-6-10-33(20)4/h5-10,17-18,21-22H,11-16H2,1-4H3,(H,30,38)(H,31,39)(H,40,41)(H,42,43)/p-2/t17-,18-,21-,22-/m0/s1. The van der Waals surface area contributed by atoms with Crippen LogP contribution in [0.25, 0.3) is 0 Å². The number of nitrogens with one attached hydrogen (secondary N) is 2. The highest BCUT2D eigenvalue weighted by Crippen LogP contribution is 2.31. The van der Waals surface area contributed by atoms with E-state index in [1.807, 2.05) is 0 Å². The van der Waals surface area contributed by atoms with Crippen LogP contribution in [0.2, 0.25) is 0 Å². The molecule has 2 aliphatic heterocycles. The highest BCUT2D eigenvalue weighted by molar-refractivity contribution is 5.94. The van der Waals surface area contributed by atoms with E-state index < -0.39 is 65.1 Å². The van der Waals surface area contributed by atoms with E-state index >= 15 is 0 Å². The average Bonchev–Trinajstić information content (AvgIpc) is 3.69. The zero-order valence-corrected chi connectivity index (χ0v) is 24.6. The van der Waals surface area contributed by atoms with Crippen molar-refractivity contribution in [2.24, 2.45) is 19.5 Å². The maximum atomic E-state index is 13.3. The summed E-state index contributed by atoms with van der Waals surface area (Å²) in [5.74, 6) is -4.77. The number of carboxylic acid groups (broad SMARTS) is 2. The first-order valence-corrected chi connectivity index (χ1v) is 14.0. The van der Waals surface area contributed by atoms with E-state index in [9.17, 15) is 39.0 Å². The van der Waals surface area contributed by atoms with Gasteiger partial charge >= 0.3 is 0 Å². The molecule has 4 amide bonds. The fourth-order valence-corrected chi connectivity index (χ4v) is 5.88. The predicted octanol–water partition coefficient (Wildman–Crippen LogP) is -2.23. The molecule has 4 rings (SSSR count). The quantitative estimate of drug-likeness (QED) is 0.308.